The number of carbonyl (C=O) groups is 1. The van der Waals surface area contributed by atoms with Crippen LogP contribution in [0.25, 0.3) is 0 Å². The van der Waals surface area contributed by atoms with Crippen LogP contribution < -0.4 is 4.90 Å². The molecule has 2 aromatic carbocycles. The lowest BCUT2D eigenvalue weighted by atomic mass is 9.93. The Hall–Kier alpha value is -3.45. The second-order valence-electron chi connectivity index (χ2n) is 7.79. The normalized spacial score (nSPS) is 18.8. The summed E-state index contributed by atoms with van der Waals surface area (Å²) in [5.41, 5.74) is 3.81. The van der Waals surface area contributed by atoms with E-state index in [0.717, 1.165) is 28.3 Å². The van der Waals surface area contributed by atoms with Crippen molar-refractivity contribution in [3.8, 4) is 0 Å². The molecule has 1 fully saturated rings. The Bertz CT molecular complexity index is 1090. The first kappa shape index (κ1) is 19.5. The van der Waals surface area contributed by atoms with Crippen LogP contribution in [0, 0.1) is 0 Å². The van der Waals surface area contributed by atoms with Crippen LogP contribution in [-0.2, 0) is 16.1 Å². The fourth-order valence-electron chi connectivity index (χ4n) is 4.34. The van der Waals surface area contributed by atoms with Crippen LogP contribution in [0.3, 0.4) is 0 Å². The minimum Gasteiger partial charge on any atom is -0.378 e. The zero-order chi connectivity index (χ0) is 21.2. The van der Waals surface area contributed by atoms with Gasteiger partial charge in [-0.25, -0.2) is 4.68 Å². The van der Waals surface area contributed by atoms with E-state index in [1.165, 1.54) is 0 Å². The van der Waals surface area contributed by atoms with E-state index < -0.39 is 0 Å². The number of ether oxygens (including phenoxy) is 1. The van der Waals surface area contributed by atoms with Gasteiger partial charge in [0.15, 0.2) is 0 Å². The van der Waals surface area contributed by atoms with Crippen molar-refractivity contribution >= 4 is 11.9 Å². The first-order valence-electron chi connectivity index (χ1n) is 10.6. The van der Waals surface area contributed by atoms with Crippen molar-refractivity contribution in [3.63, 3.8) is 0 Å². The summed E-state index contributed by atoms with van der Waals surface area (Å²) in [5, 5.41) is 4.55. The maximum absolute atomic E-state index is 13.8. The fraction of sp³-hybridized carbons (Fsp3) is 0.292. The molecule has 3 heterocycles. The Balaban J connectivity index is 1.63. The van der Waals surface area contributed by atoms with Gasteiger partial charge in [0.1, 0.15) is 12.4 Å². The smallest absolute Gasteiger partial charge is 0.254 e. The van der Waals surface area contributed by atoms with Gasteiger partial charge in [-0.05, 0) is 18.1 Å². The molecule has 2 aliphatic rings. The number of allylic oxidation sites excluding steroid dienone is 1. The third kappa shape index (κ3) is 3.61. The summed E-state index contributed by atoms with van der Waals surface area (Å²) in [6.45, 7) is 4.96. The van der Waals surface area contributed by atoms with Crippen molar-refractivity contribution < 1.29 is 9.53 Å². The van der Waals surface area contributed by atoms with Gasteiger partial charge in [-0.3, -0.25) is 4.79 Å². The summed E-state index contributed by atoms with van der Waals surface area (Å²) < 4.78 is 7.35. The topological polar surface area (TPSA) is 63.5 Å². The summed E-state index contributed by atoms with van der Waals surface area (Å²) in [4.78, 5) is 22.3. The van der Waals surface area contributed by atoms with E-state index >= 15 is 0 Å². The lowest BCUT2D eigenvalue weighted by Crippen LogP contribution is -2.45. The largest absolute Gasteiger partial charge is 0.378 e. The van der Waals surface area contributed by atoms with Crippen molar-refractivity contribution in [2.24, 2.45) is 0 Å². The van der Waals surface area contributed by atoms with Gasteiger partial charge in [0.2, 0.25) is 5.95 Å². The van der Waals surface area contributed by atoms with E-state index in [0.29, 0.717) is 32.8 Å². The quantitative estimate of drug-likeness (QED) is 0.656. The molecule has 158 valence electrons. The first-order valence-corrected chi connectivity index (χ1v) is 10.6. The number of anilines is 1. The molecule has 0 bridgehead atoms. The number of hydrogen-bond donors (Lipinski definition) is 0. The molecule has 1 atom stereocenters. The number of carbonyl (C=O) groups excluding carboxylic acids is 1. The van der Waals surface area contributed by atoms with Gasteiger partial charge in [0.25, 0.3) is 5.91 Å². The van der Waals surface area contributed by atoms with E-state index in [9.17, 15) is 4.79 Å². The molecule has 2 aliphatic heterocycles. The van der Waals surface area contributed by atoms with Gasteiger partial charge < -0.3 is 14.5 Å². The molecule has 7 heteroatoms. The highest BCUT2D eigenvalue weighted by Gasteiger charge is 2.38. The highest BCUT2D eigenvalue weighted by molar-refractivity contribution is 5.97. The number of amides is 1. The van der Waals surface area contributed by atoms with Crippen LogP contribution in [0.5, 0.6) is 0 Å². The van der Waals surface area contributed by atoms with Gasteiger partial charge in [-0.1, -0.05) is 60.7 Å². The molecule has 1 aromatic heterocycles. The minimum atomic E-state index is -0.318. The van der Waals surface area contributed by atoms with E-state index in [4.69, 9.17) is 4.74 Å². The molecule has 1 saturated heterocycles. The summed E-state index contributed by atoms with van der Waals surface area (Å²) in [6.07, 6.45) is 1.57. The third-order valence-corrected chi connectivity index (χ3v) is 5.94. The lowest BCUT2D eigenvalue weighted by molar-refractivity contribution is -0.131. The number of rotatable bonds is 4. The number of benzene rings is 2. The molecule has 7 nitrogen and oxygen atoms in total. The summed E-state index contributed by atoms with van der Waals surface area (Å²) >= 11 is 0. The molecule has 0 radical (unpaired) electrons. The van der Waals surface area contributed by atoms with Crippen molar-refractivity contribution in [1.29, 1.82) is 0 Å². The predicted octanol–water partition coefficient (Wildman–Crippen LogP) is 3.02. The SMILES string of the molecule is CC1=C(C(=O)N2CCOCC2)[C@H](c2ccccc2)n2ncnc2N1Cc1ccccc1. The van der Waals surface area contributed by atoms with E-state index in [1.54, 1.807) is 6.33 Å². The van der Waals surface area contributed by atoms with Gasteiger partial charge in [-0.15, -0.1) is 0 Å². The zero-order valence-electron chi connectivity index (χ0n) is 17.5. The van der Waals surface area contributed by atoms with Crippen molar-refractivity contribution in [2.75, 3.05) is 31.2 Å². The highest BCUT2D eigenvalue weighted by Crippen LogP contribution is 2.39. The van der Waals surface area contributed by atoms with Crippen molar-refractivity contribution in [3.05, 3.63) is 89.4 Å². The van der Waals surface area contributed by atoms with Gasteiger partial charge in [0, 0.05) is 18.8 Å². The standard InChI is InChI=1S/C24H25N5O2/c1-18-21(23(30)27-12-14-31-15-13-27)22(20-10-6-3-7-11-20)29-24(25-17-26-29)28(18)16-19-8-4-2-5-9-19/h2-11,17,22H,12-16H2,1H3/t22-/m0/s1. The number of aromatic nitrogens is 3. The summed E-state index contributed by atoms with van der Waals surface area (Å²) in [5.74, 6) is 0.780. The Morgan fingerprint density at radius 1 is 1.03 bits per heavy atom. The van der Waals surface area contributed by atoms with Gasteiger partial charge >= 0.3 is 0 Å². The Morgan fingerprint density at radius 3 is 2.42 bits per heavy atom. The maximum Gasteiger partial charge on any atom is 0.254 e. The van der Waals surface area contributed by atoms with Crippen molar-refractivity contribution in [1.82, 2.24) is 19.7 Å². The molecule has 3 aromatic rings. The third-order valence-electron chi connectivity index (χ3n) is 5.94. The number of nitrogens with zero attached hydrogens (tertiary/aromatic N) is 5. The fourth-order valence-corrected chi connectivity index (χ4v) is 4.34. The molecule has 0 saturated carbocycles. The van der Waals surface area contributed by atoms with Crippen LogP contribution in [0.2, 0.25) is 0 Å². The second-order valence-corrected chi connectivity index (χ2v) is 7.79. The monoisotopic (exact) mass is 415 g/mol. The van der Waals surface area contributed by atoms with Gasteiger partial charge in [-0.2, -0.15) is 10.1 Å². The Morgan fingerprint density at radius 2 is 1.71 bits per heavy atom. The first-order chi connectivity index (χ1) is 15.2. The maximum atomic E-state index is 13.8. The summed E-state index contributed by atoms with van der Waals surface area (Å²) in [7, 11) is 0. The molecule has 5 rings (SSSR count). The molecule has 31 heavy (non-hydrogen) atoms. The van der Waals surface area contributed by atoms with Crippen LogP contribution in [0.15, 0.2) is 78.3 Å². The molecule has 0 aliphatic carbocycles. The molecular formula is C24H25N5O2. The lowest BCUT2D eigenvalue weighted by Gasteiger charge is -2.38. The van der Waals surface area contributed by atoms with Crippen LogP contribution in [0.1, 0.15) is 24.1 Å². The van der Waals surface area contributed by atoms with Crippen LogP contribution in [-0.4, -0.2) is 51.9 Å². The molecule has 0 N–H and O–H groups in total. The van der Waals surface area contributed by atoms with E-state index in [2.05, 4.69) is 27.1 Å². The van der Waals surface area contributed by atoms with Crippen molar-refractivity contribution in [2.45, 2.75) is 19.5 Å². The highest BCUT2D eigenvalue weighted by atomic mass is 16.5. The Labute approximate surface area is 181 Å². The molecule has 0 spiro atoms. The average molecular weight is 415 g/mol. The number of fused-ring (bicyclic) bond motifs is 1. The molecule has 0 unspecified atom stereocenters. The number of hydrogen-bond acceptors (Lipinski definition) is 5. The second kappa shape index (κ2) is 8.35. The van der Waals surface area contributed by atoms with E-state index in [-0.39, 0.29) is 11.9 Å². The molecular weight excluding hydrogens is 390 g/mol. The van der Waals surface area contributed by atoms with Crippen LogP contribution >= 0.6 is 0 Å². The minimum absolute atomic E-state index is 0.0360. The molecule has 1 amide bonds. The average Bonchev–Trinajstić information content (AvgIpc) is 3.31. The Kier molecular flexibility index (Phi) is 5.26. The number of morpholine rings is 1. The summed E-state index contributed by atoms with van der Waals surface area (Å²) in [6, 6.07) is 20.0. The van der Waals surface area contributed by atoms with E-state index in [1.807, 2.05) is 65.0 Å². The zero-order valence-corrected chi connectivity index (χ0v) is 17.5. The van der Waals surface area contributed by atoms with Gasteiger partial charge in [0.05, 0.1) is 25.3 Å². The predicted molar refractivity (Wildman–Crippen MR) is 117 cm³/mol. The van der Waals surface area contributed by atoms with Crippen LogP contribution in [0.4, 0.5) is 5.95 Å².